The lowest BCUT2D eigenvalue weighted by Crippen LogP contribution is -2.46. The van der Waals surface area contributed by atoms with Gasteiger partial charge in [-0.1, -0.05) is 48.5 Å². The summed E-state index contributed by atoms with van der Waals surface area (Å²) in [6, 6.07) is 22.9. The van der Waals surface area contributed by atoms with Crippen LogP contribution in [0.5, 0.6) is 0 Å². The van der Waals surface area contributed by atoms with Crippen molar-refractivity contribution < 1.29 is 9.90 Å². The van der Waals surface area contributed by atoms with E-state index in [0.29, 0.717) is 17.5 Å². The molecule has 1 heterocycles. The Bertz CT molecular complexity index is 1230. The van der Waals surface area contributed by atoms with Gasteiger partial charge in [-0.3, -0.25) is 4.79 Å². The van der Waals surface area contributed by atoms with Crippen LogP contribution in [0.25, 0.3) is 0 Å². The third kappa shape index (κ3) is 4.98. The third-order valence-electron chi connectivity index (χ3n) is 8.68. The molecule has 2 unspecified atom stereocenters. The fourth-order valence-corrected chi connectivity index (χ4v) is 6.22. The van der Waals surface area contributed by atoms with Crippen molar-refractivity contribution in [1.29, 1.82) is 0 Å². The predicted molar refractivity (Wildman–Crippen MR) is 147 cm³/mol. The van der Waals surface area contributed by atoms with Crippen molar-refractivity contribution in [2.45, 2.75) is 70.4 Å². The summed E-state index contributed by atoms with van der Waals surface area (Å²) in [5, 5.41) is 14.3. The van der Waals surface area contributed by atoms with E-state index in [1.807, 2.05) is 49.4 Å². The highest BCUT2D eigenvalue weighted by atomic mass is 16.3. The maximum absolute atomic E-state index is 12.9. The van der Waals surface area contributed by atoms with E-state index in [4.69, 9.17) is 0 Å². The number of nitrogens with one attached hydrogen (secondary N) is 1. The Labute approximate surface area is 215 Å². The first-order chi connectivity index (χ1) is 17.3. The summed E-state index contributed by atoms with van der Waals surface area (Å²) >= 11 is 0. The average molecular weight is 483 g/mol. The van der Waals surface area contributed by atoms with Crippen molar-refractivity contribution in [3.8, 4) is 0 Å². The molecule has 4 heteroatoms. The summed E-state index contributed by atoms with van der Waals surface area (Å²) in [5.41, 5.74) is 6.80. The van der Waals surface area contributed by atoms with Gasteiger partial charge in [-0.2, -0.15) is 0 Å². The molecule has 0 radical (unpaired) electrons. The van der Waals surface area contributed by atoms with E-state index in [1.54, 1.807) is 0 Å². The molecule has 1 aliphatic carbocycles. The summed E-state index contributed by atoms with van der Waals surface area (Å²) in [6.07, 6.45) is 5.11. The van der Waals surface area contributed by atoms with Crippen LogP contribution in [0.15, 0.2) is 66.7 Å². The number of aliphatic hydroxyl groups is 1. The van der Waals surface area contributed by atoms with Crippen molar-refractivity contribution in [2.75, 3.05) is 18.4 Å². The van der Waals surface area contributed by atoms with Gasteiger partial charge in [0.25, 0.3) is 5.91 Å². The van der Waals surface area contributed by atoms with Crippen LogP contribution in [0, 0.1) is 20.8 Å². The standard InChI is InChI=1S/C32H38N2O2/c1-22-8-7-11-30(24(22)3)33-31(35)26-13-15-29(23(2)20-26)25-12-14-28(21-25)34-18-16-32(36,17-19-34)27-9-5-4-6-10-27/h4-11,13,15,20,25,28,36H,12,14,16-19,21H2,1-3H3,(H,33,35). The number of rotatable bonds is 5. The molecule has 2 N–H and O–H groups in total. The average Bonchev–Trinajstić information content (AvgIpc) is 3.37. The summed E-state index contributed by atoms with van der Waals surface area (Å²) in [7, 11) is 0. The molecular formula is C32H38N2O2. The number of anilines is 1. The van der Waals surface area contributed by atoms with Gasteiger partial charge < -0.3 is 15.3 Å². The smallest absolute Gasteiger partial charge is 0.255 e. The van der Waals surface area contributed by atoms with Crippen LogP contribution in [0.1, 0.15) is 76.2 Å². The second kappa shape index (κ2) is 10.2. The van der Waals surface area contributed by atoms with Crippen LogP contribution >= 0.6 is 0 Å². The van der Waals surface area contributed by atoms with Crippen molar-refractivity contribution in [1.82, 2.24) is 4.90 Å². The maximum Gasteiger partial charge on any atom is 0.255 e. The van der Waals surface area contributed by atoms with E-state index in [-0.39, 0.29) is 5.91 Å². The van der Waals surface area contributed by atoms with Crippen LogP contribution in [-0.2, 0) is 5.60 Å². The normalized spacial score (nSPS) is 21.9. The first kappa shape index (κ1) is 24.7. The number of likely N-dealkylation sites (tertiary alicyclic amines) is 1. The van der Waals surface area contributed by atoms with Crippen molar-refractivity contribution in [3.63, 3.8) is 0 Å². The summed E-state index contributed by atoms with van der Waals surface area (Å²) in [6.45, 7) is 8.13. The zero-order valence-corrected chi connectivity index (χ0v) is 21.8. The lowest BCUT2D eigenvalue weighted by atomic mass is 9.84. The molecule has 0 bridgehead atoms. The molecule has 188 valence electrons. The van der Waals surface area contributed by atoms with Crippen LogP contribution in [-0.4, -0.2) is 35.0 Å². The van der Waals surface area contributed by atoms with Crippen LogP contribution < -0.4 is 5.32 Å². The Morgan fingerprint density at radius 2 is 1.67 bits per heavy atom. The third-order valence-corrected chi connectivity index (χ3v) is 8.68. The van der Waals surface area contributed by atoms with Gasteiger partial charge in [-0.25, -0.2) is 0 Å². The van der Waals surface area contributed by atoms with Crippen molar-refractivity contribution >= 4 is 11.6 Å². The second-order valence-corrected chi connectivity index (χ2v) is 10.9. The number of benzene rings is 3. The van der Waals surface area contributed by atoms with E-state index >= 15 is 0 Å². The molecule has 1 amide bonds. The van der Waals surface area contributed by atoms with Gasteiger partial charge in [-0.15, -0.1) is 0 Å². The Morgan fingerprint density at radius 1 is 0.917 bits per heavy atom. The summed E-state index contributed by atoms with van der Waals surface area (Å²) < 4.78 is 0. The molecule has 0 aromatic heterocycles. The Kier molecular flexibility index (Phi) is 7.00. The molecule has 2 fully saturated rings. The lowest BCUT2D eigenvalue weighted by Gasteiger charge is -2.41. The zero-order valence-electron chi connectivity index (χ0n) is 21.8. The summed E-state index contributed by atoms with van der Waals surface area (Å²) in [4.78, 5) is 15.5. The lowest BCUT2D eigenvalue weighted by molar-refractivity contribution is -0.0351. The monoisotopic (exact) mass is 482 g/mol. The topological polar surface area (TPSA) is 52.6 Å². The van der Waals surface area contributed by atoms with E-state index in [0.717, 1.165) is 49.2 Å². The van der Waals surface area contributed by atoms with Gasteiger partial charge in [0, 0.05) is 30.4 Å². The largest absolute Gasteiger partial charge is 0.385 e. The minimum Gasteiger partial charge on any atom is -0.385 e. The van der Waals surface area contributed by atoms with E-state index < -0.39 is 5.60 Å². The highest BCUT2D eigenvalue weighted by Crippen LogP contribution is 2.41. The number of aryl methyl sites for hydroxylation is 2. The molecule has 2 atom stereocenters. The molecule has 36 heavy (non-hydrogen) atoms. The fourth-order valence-electron chi connectivity index (χ4n) is 6.22. The Hall–Kier alpha value is -2.95. The highest BCUT2D eigenvalue weighted by molar-refractivity contribution is 6.04. The Morgan fingerprint density at radius 3 is 2.39 bits per heavy atom. The Balaban J connectivity index is 1.20. The molecule has 4 nitrogen and oxygen atoms in total. The molecule has 1 saturated carbocycles. The number of piperidine rings is 1. The number of hydrogen-bond acceptors (Lipinski definition) is 3. The number of hydrogen-bond donors (Lipinski definition) is 2. The van der Waals surface area contributed by atoms with Crippen molar-refractivity contribution in [2.24, 2.45) is 0 Å². The van der Waals surface area contributed by atoms with Gasteiger partial charge in [0.15, 0.2) is 0 Å². The van der Waals surface area contributed by atoms with Crippen LogP contribution in [0.4, 0.5) is 5.69 Å². The predicted octanol–water partition coefficient (Wildman–Crippen LogP) is 6.48. The second-order valence-electron chi connectivity index (χ2n) is 10.9. The zero-order chi connectivity index (χ0) is 25.3. The first-order valence-electron chi connectivity index (χ1n) is 13.3. The van der Waals surface area contributed by atoms with E-state index in [2.05, 4.69) is 48.3 Å². The van der Waals surface area contributed by atoms with Gasteiger partial charge >= 0.3 is 0 Å². The number of nitrogens with zero attached hydrogens (tertiary/aromatic N) is 1. The van der Waals surface area contributed by atoms with Crippen molar-refractivity contribution in [3.05, 3.63) is 100 Å². The molecule has 0 spiro atoms. The molecule has 1 saturated heterocycles. The molecule has 1 aliphatic heterocycles. The van der Waals surface area contributed by atoms with Crippen LogP contribution in [0.2, 0.25) is 0 Å². The number of amides is 1. The molecule has 3 aromatic carbocycles. The maximum atomic E-state index is 12.9. The quantitative estimate of drug-likeness (QED) is 0.437. The first-order valence-corrected chi connectivity index (χ1v) is 13.3. The van der Waals surface area contributed by atoms with Gasteiger partial charge in [0.05, 0.1) is 5.60 Å². The molecule has 3 aromatic rings. The number of carbonyl (C=O) groups excluding carboxylic acids is 1. The molecular weight excluding hydrogens is 444 g/mol. The molecule has 2 aliphatic rings. The fraction of sp³-hybridized carbons (Fsp3) is 0.406. The van der Waals surface area contributed by atoms with Crippen LogP contribution in [0.3, 0.4) is 0 Å². The molecule has 5 rings (SSSR count). The highest BCUT2D eigenvalue weighted by Gasteiger charge is 2.38. The van der Waals surface area contributed by atoms with E-state index in [1.165, 1.54) is 29.5 Å². The van der Waals surface area contributed by atoms with Gasteiger partial charge in [-0.05, 0) is 105 Å². The SMILES string of the molecule is Cc1cc(C(=O)Nc2cccc(C)c2C)ccc1C1CCC(N2CCC(O)(c3ccccc3)CC2)C1. The van der Waals surface area contributed by atoms with Gasteiger partial charge in [0.1, 0.15) is 0 Å². The van der Waals surface area contributed by atoms with Gasteiger partial charge in [0.2, 0.25) is 0 Å². The van der Waals surface area contributed by atoms with E-state index in [9.17, 15) is 9.90 Å². The summed E-state index contributed by atoms with van der Waals surface area (Å²) in [5.74, 6) is 0.475. The number of carbonyl (C=O) groups is 1. The minimum absolute atomic E-state index is 0.0538. The minimum atomic E-state index is -0.695.